The van der Waals surface area contributed by atoms with Gasteiger partial charge in [0.1, 0.15) is 0 Å². The Morgan fingerprint density at radius 3 is 2.78 bits per heavy atom. The zero-order valence-electron chi connectivity index (χ0n) is 12.9. The van der Waals surface area contributed by atoms with Crippen molar-refractivity contribution in [3.05, 3.63) is 57.3 Å². The number of rotatable bonds is 5. The van der Waals surface area contributed by atoms with E-state index in [0.29, 0.717) is 24.0 Å². The third-order valence-corrected chi connectivity index (χ3v) is 4.09. The van der Waals surface area contributed by atoms with Crippen LogP contribution in [0.15, 0.2) is 41.5 Å². The molecule has 0 fully saturated rings. The first-order valence-corrected chi connectivity index (χ1v) is 7.32. The van der Waals surface area contributed by atoms with Crippen LogP contribution in [-0.2, 0) is 13.6 Å². The molecule has 2 aromatic heterocycles. The average Bonchev–Trinajstić information content (AvgIpc) is 3.14. The summed E-state index contributed by atoms with van der Waals surface area (Å²) in [7, 11) is 1.67. The maximum Gasteiger partial charge on any atom is 0.328 e. The largest absolute Gasteiger partial charge is 0.328 e. The SMILES string of the molecule is C[C@@H](CCn1c(=O)n(C)c2ccc([N+](=O)[O-])cc21)n1cccn1. The van der Waals surface area contributed by atoms with Crippen LogP contribution in [0.2, 0.25) is 0 Å². The molecule has 3 aromatic rings. The van der Waals surface area contributed by atoms with Crippen LogP contribution in [-0.4, -0.2) is 23.8 Å². The lowest BCUT2D eigenvalue weighted by molar-refractivity contribution is -0.384. The standard InChI is InChI=1S/C15H17N5O3/c1-11(19-8-3-7-16-19)6-9-18-14-10-12(20(22)23)4-5-13(14)17(2)15(18)21/h3-5,7-8,10-11H,6,9H2,1-2H3/t11-/m0/s1. The molecule has 8 nitrogen and oxygen atoms in total. The first-order chi connectivity index (χ1) is 11.0. The fourth-order valence-electron chi connectivity index (χ4n) is 2.72. The fourth-order valence-corrected chi connectivity index (χ4v) is 2.72. The lowest BCUT2D eigenvalue weighted by atomic mass is 10.2. The minimum Gasteiger partial charge on any atom is -0.295 e. The van der Waals surface area contributed by atoms with E-state index in [1.807, 2.05) is 23.9 Å². The van der Waals surface area contributed by atoms with Gasteiger partial charge in [0, 0.05) is 38.1 Å². The number of non-ortho nitro benzene ring substituents is 1. The Hall–Kier alpha value is -2.90. The van der Waals surface area contributed by atoms with Gasteiger partial charge in [-0.15, -0.1) is 0 Å². The number of fused-ring (bicyclic) bond motifs is 1. The van der Waals surface area contributed by atoms with E-state index in [-0.39, 0.29) is 17.4 Å². The van der Waals surface area contributed by atoms with Crippen molar-refractivity contribution >= 4 is 16.7 Å². The Morgan fingerprint density at radius 2 is 2.13 bits per heavy atom. The summed E-state index contributed by atoms with van der Waals surface area (Å²) in [5.74, 6) is 0. The highest BCUT2D eigenvalue weighted by molar-refractivity contribution is 5.78. The summed E-state index contributed by atoms with van der Waals surface area (Å²) < 4.78 is 4.93. The van der Waals surface area contributed by atoms with Gasteiger partial charge in [-0.1, -0.05) is 0 Å². The number of benzene rings is 1. The number of nitro benzene ring substituents is 1. The van der Waals surface area contributed by atoms with Gasteiger partial charge in [-0.05, 0) is 25.5 Å². The first kappa shape index (κ1) is 15.0. The quantitative estimate of drug-likeness (QED) is 0.533. The van der Waals surface area contributed by atoms with Gasteiger partial charge >= 0.3 is 5.69 Å². The van der Waals surface area contributed by atoms with Gasteiger partial charge in [-0.3, -0.25) is 23.9 Å². The number of nitro groups is 1. The third kappa shape index (κ3) is 2.63. The van der Waals surface area contributed by atoms with Crippen LogP contribution in [0.1, 0.15) is 19.4 Å². The Labute approximate surface area is 131 Å². The summed E-state index contributed by atoms with van der Waals surface area (Å²) in [4.78, 5) is 22.9. The van der Waals surface area contributed by atoms with Gasteiger partial charge in [0.25, 0.3) is 5.69 Å². The molecule has 0 aliphatic heterocycles. The van der Waals surface area contributed by atoms with E-state index in [2.05, 4.69) is 5.10 Å². The molecule has 0 saturated heterocycles. The fraction of sp³-hybridized carbons (Fsp3) is 0.333. The molecule has 0 spiro atoms. The van der Waals surface area contributed by atoms with E-state index in [1.54, 1.807) is 23.9 Å². The lowest BCUT2D eigenvalue weighted by Gasteiger charge is -2.12. The normalized spacial score (nSPS) is 12.6. The second-order valence-electron chi connectivity index (χ2n) is 5.55. The summed E-state index contributed by atoms with van der Waals surface area (Å²) in [6.45, 7) is 2.49. The second-order valence-corrected chi connectivity index (χ2v) is 5.55. The predicted octanol–water partition coefficient (Wildman–Crippen LogP) is 2.10. The third-order valence-electron chi connectivity index (χ3n) is 4.09. The van der Waals surface area contributed by atoms with E-state index in [0.717, 1.165) is 0 Å². The molecule has 0 unspecified atom stereocenters. The van der Waals surface area contributed by atoms with Gasteiger partial charge in [0.05, 0.1) is 22.0 Å². The van der Waals surface area contributed by atoms with E-state index < -0.39 is 4.92 Å². The van der Waals surface area contributed by atoms with Crippen molar-refractivity contribution in [2.45, 2.75) is 25.9 Å². The molecule has 0 amide bonds. The van der Waals surface area contributed by atoms with Crippen molar-refractivity contribution in [1.29, 1.82) is 0 Å². The van der Waals surface area contributed by atoms with Crippen LogP contribution in [0, 0.1) is 10.1 Å². The van der Waals surface area contributed by atoms with Gasteiger partial charge < -0.3 is 0 Å². The number of aromatic nitrogens is 4. The molecule has 0 aliphatic carbocycles. The van der Waals surface area contributed by atoms with E-state index in [9.17, 15) is 14.9 Å². The Morgan fingerprint density at radius 1 is 1.35 bits per heavy atom. The van der Waals surface area contributed by atoms with E-state index >= 15 is 0 Å². The monoisotopic (exact) mass is 315 g/mol. The van der Waals surface area contributed by atoms with Gasteiger partial charge in [-0.2, -0.15) is 5.10 Å². The maximum absolute atomic E-state index is 12.4. The predicted molar refractivity (Wildman–Crippen MR) is 85.4 cm³/mol. The Kier molecular flexibility index (Phi) is 3.73. The molecule has 120 valence electrons. The highest BCUT2D eigenvalue weighted by atomic mass is 16.6. The van der Waals surface area contributed by atoms with Crippen LogP contribution in [0.5, 0.6) is 0 Å². The molecule has 0 N–H and O–H groups in total. The summed E-state index contributed by atoms with van der Waals surface area (Å²) in [5, 5.41) is 15.2. The lowest BCUT2D eigenvalue weighted by Crippen LogP contribution is -2.23. The molecule has 0 aliphatic rings. The molecule has 0 saturated carbocycles. The summed E-state index contributed by atoms with van der Waals surface area (Å²) in [6, 6.07) is 6.46. The Bertz CT molecular complexity index is 907. The smallest absolute Gasteiger partial charge is 0.295 e. The molecular weight excluding hydrogens is 298 g/mol. The second kappa shape index (κ2) is 5.71. The minimum atomic E-state index is -0.451. The summed E-state index contributed by atoms with van der Waals surface area (Å²) in [6.07, 6.45) is 4.29. The maximum atomic E-state index is 12.4. The first-order valence-electron chi connectivity index (χ1n) is 7.32. The number of nitrogens with zero attached hydrogens (tertiary/aromatic N) is 5. The molecule has 3 rings (SSSR count). The molecular formula is C15H17N5O3. The molecule has 8 heteroatoms. The average molecular weight is 315 g/mol. The van der Waals surface area contributed by atoms with Crippen LogP contribution in [0.4, 0.5) is 5.69 Å². The summed E-state index contributed by atoms with van der Waals surface area (Å²) >= 11 is 0. The van der Waals surface area contributed by atoms with Crippen molar-refractivity contribution < 1.29 is 4.92 Å². The highest BCUT2D eigenvalue weighted by Crippen LogP contribution is 2.21. The van der Waals surface area contributed by atoms with Crippen molar-refractivity contribution in [2.75, 3.05) is 0 Å². The van der Waals surface area contributed by atoms with Crippen LogP contribution >= 0.6 is 0 Å². The molecule has 23 heavy (non-hydrogen) atoms. The molecule has 1 atom stereocenters. The zero-order chi connectivity index (χ0) is 16.6. The molecule has 2 heterocycles. The minimum absolute atomic E-state index is 0.0167. The van der Waals surface area contributed by atoms with Crippen molar-refractivity contribution in [1.82, 2.24) is 18.9 Å². The van der Waals surface area contributed by atoms with Gasteiger partial charge in [-0.25, -0.2) is 4.79 Å². The highest BCUT2D eigenvalue weighted by Gasteiger charge is 2.16. The number of imidazole rings is 1. The molecule has 1 aromatic carbocycles. The zero-order valence-corrected chi connectivity index (χ0v) is 12.9. The molecule has 0 bridgehead atoms. The van der Waals surface area contributed by atoms with Crippen LogP contribution in [0.25, 0.3) is 11.0 Å². The number of aryl methyl sites for hydroxylation is 2. The van der Waals surface area contributed by atoms with Crippen LogP contribution in [0.3, 0.4) is 0 Å². The van der Waals surface area contributed by atoms with Gasteiger partial charge in [0.15, 0.2) is 0 Å². The van der Waals surface area contributed by atoms with Gasteiger partial charge in [0.2, 0.25) is 0 Å². The van der Waals surface area contributed by atoms with Crippen LogP contribution < -0.4 is 5.69 Å². The summed E-state index contributed by atoms with van der Waals surface area (Å²) in [5.41, 5.74) is 1.08. The van der Waals surface area contributed by atoms with Crippen molar-refractivity contribution in [3.8, 4) is 0 Å². The topological polar surface area (TPSA) is 87.9 Å². The van der Waals surface area contributed by atoms with Crippen molar-refractivity contribution in [2.24, 2.45) is 7.05 Å². The van der Waals surface area contributed by atoms with E-state index in [4.69, 9.17) is 0 Å². The van der Waals surface area contributed by atoms with E-state index in [1.165, 1.54) is 16.7 Å². The Balaban J connectivity index is 1.96. The molecule has 0 radical (unpaired) electrons. The number of hydrogen-bond acceptors (Lipinski definition) is 4. The van der Waals surface area contributed by atoms with Crippen molar-refractivity contribution in [3.63, 3.8) is 0 Å². The number of hydrogen-bond donors (Lipinski definition) is 0.